The second kappa shape index (κ2) is 6.81. The molecule has 0 aliphatic carbocycles. The van der Waals surface area contributed by atoms with Crippen LogP contribution in [0.4, 0.5) is 0 Å². The van der Waals surface area contributed by atoms with E-state index < -0.39 is 21.2 Å². The molecule has 2 rings (SSSR count). The normalized spacial score (nSPS) is 20.3. The van der Waals surface area contributed by atoms with Crippen LogP contribution in [0.25, 0.3) is 0 Å². The number of thioether (sulfide) groups is 1. The van der Waals surface area contributed by atoms with Gasteiger partial charge in [0.2, 0.25) is 0 Å². The van der Waals surface area contributed by atoms with Gasteiger partial charge in [-0.05, 0) is 11.1 Å². The smallest absolute Gasteiger partial charge is 0.307 e. The number of rotatable bonds is 5. The minimum atomic E-state index is -3.09. The molecule has 1 aliphatic rings. The zero-order valence-electron chi connectivity index (χ0n) is 11.9. The Morgan fingerprint density at radius 3 is 2.52 bits per heavy atom. The molecule has 1 saturated heterocycles. The van der Waals surface area contributed by atoms with Gasteiger partial charge in [-0.1, -0.05) is 24.3 Å². The lowest BCUT2D eigenvalue weighted by atomic mass is 10.1. The summed E-state index contributed by atoms with van der Waals surface area (Å²) in [6, 6.07) is 7.33. The fraction of sp³-hybridized carbons (Fsp3) is 0.500. The summed E-state index contributed by atoms with van der Waals surface area (Å²) in [6.45, 7) is 1.32. The highest BCUT2D eigenvalue weighted by atomic mass is 32.2. The van der Waals surface area contributed by atoms with E-state index in [1.807, 2.05) is 17.0 Å². The molecular weight excluding hydrogens is 310 g/mol. The summed E-state index contributed by atoms with van der Waals surface area (Å²) < 4.78 is 23.7. The number of hydrogen-bond acceptors (Lipinski definition) is 5. The molecule has 0 amide bonds. The molecule has 1 aliphatic heterocycles. The third kappa shape index (κ3) is 4.72. The molecule has 0 radical (unpaired) electrons. The van der Waals surface area contributed by atoms with E-state index in [2.05, 4.69) is 0 Å². The van der Waals surface area contributed by atoms with Crippen molar-refractivity contribution in [3.8, 4) is 0 Å². The monoisotopic (exact) mass is 329 g/mol. The summed E-state index contributed by atoms with van der Waals surface area (Å²) in [5, 5.41) is 8.31. The SMILES string of the molecule is CS(=O)(=O)C1CSCCN1Cc1ccc(CC(=O)O)cc1. The summed E-state index contributed by atoms with van der Waals surface area (Å²) in [4.78, 5) is 12.6. The number of carboxylic acid groups (broad SMARTS) is 1. The Hall–Kier alpha value is -1.05. The van der Waals surface area contributed by atoms with Crippen LogP contribution in [0.3, 0.4) is 0 Å². The minimum Gasteiger partial charge on any atom is -0.481 e. The third-order valence-electron chi connectivity index (χ3n) is 3.45. The van der Waals surface area contributed by atoms with Gasteiger partial charge in [0.1, 0.15) is 5.37 Å². The van der Waals surface area contributed by atoms with E-state index in [-0.39, 0.29) is 6.42 Å². The van der Waals surface area contributed by atoms with Crippen LogP contribution in [0.2, 0.25) is 0 Å². The molecule has 0 aromatic heterocycles. The number of sulfone groups is 1. The van der Waals surface area contributed by atoms with Crippen LogP contribution >= 0.6 is 11.8 Å². The van der Waals surface area contributed by atoms with Crippen LogP contribution in [0.1, 0.15) is 11.1 Å². The summed E-state index contributed by atoms with van der Waals surface area (Å²) in [6.07, 6.45) is 1.29. The first kappa shape index (κ1) is 16.3. The van der Waals surface area contributed by atoms with Gasteiger partial charge in [0.15, 0.2) is 9.84 Å². The Kier molecular flexibility index (Phi) is 5.29. The lowest BCUT2D eigenvalue weighted by Gasteiger charge is -2.34. The fourth-order valence-electron chi connectivity index (χ4n) is 2.36. The molecular formula is C14H19NO4S2. The van der Waals surface area contributed by atoms with E-state index in [0.717, 1.165) is 23.4 Å². The Balaban J connectivity index is 2.07. The molecule has 1 heterocycles. The van der Waals surface area contributed by atoms with Crippen molar-refractivity contribution in [2.24, 2.45) is 0 Å². The lowest BCUT2D eigenvalue weighted by Crippen LogP contribution is -2.46. The van der Waals surface area contributed by atoms with Gasteiger partial charge in [0.05, 0.1) is 6.42 Å². The van der Waals surface area contributed by atoms with Crippen molar-refractivity contribution in [1.29, 1.82) is 0 Å². The van der Waals surface area contributed by atoms with Crippen molar-refractivity contribution < 1.29 is 18.3 Å². The van der Waals surface area contributed by atoms with Crippen molar-refractivity contribution in [2.75, 3.05) is 24.3 Å². The van der Waals surface area contributed by atoms with Crippen LogP contribution in [-0.4, -0.2) is 54.1 Å². The largest absolute Gasteiger partial charge is 0.481 e. The highest BCUT2D eigenvalue weighted by Gasteiger charge is 2.30. The molecule has 0 bridgehead atoms. The fourth-order valence-corrected chi connectivity index (χ4v) is 5.30. The van der Waals surface area contributed by atoms with Gasteiger partial charge < -0.3 is 5.11 Å². The quantitative estimate of drug-likeness (QED) is 0.876. The van der Waals surface area contributed by atoms with Crippen LogP contribution in [0.15, 0.2) is 24.3 Å². The molecule has 1 aromatic carbocycles. The van der Waals surface area contributed by atoms with Gasteiger partial charge in [-0.3, -0.25) is 9.69 Å². The highest BCUT2D eigenvalue weighted by Crippen LogP contribution is 2.22. The highest BCUT2D eigenvalue weighted by molar-refractivity contribution is 8.00. The van der Waals surface area contributed by atoms with Gasteiger partial charge in [0.25, 0.3) is 0 Å². The van der Waals surface area contributed by atoms with Crippen molar-refractivity contribution in [1.82, 2.24) is 4.90 Å². The molecule has 21 heavy (non-hydrogen) atoms. The summed E-state index contributed by atoms with van der Waals surface area (Å²) in [5.41, 5.74) is 1.75. The van der Waals surface area contributed by atoms with Gasteiger partial charge >= 0.3 is 5.97 Å². The number of aliphatic carboxylic acids is 1. The van der Waals surface area contributed by atoms with Gasteiger partial charge in [-0.2, -0.15) is 11.8 Å². The van der Waals surface area contributed by atoms with E-state index >= 15 is 0 Å². The van der Waals surface area contributed by atoms with Gasteiger partial charge in [0, 0.05) is 30.9 Å². The number of benzene rings is 1. The number of hydrogen-bond donors (Lipinski definition) is 1. The van der Waals surface area contributed by atoms with E-state index in [1.165, 1.54) is 6.26 Å². The molecule has 116 valence electrons. The van der Waals surface area contributed by atoms with Crippen molar-refractivity contribution in [2.45, 2.75) is 18.3 Å². The Labute approximate surface area is 129 Å². The van der Waals surface area contributed by atoms with Crippen LogP contribution in [0, 0.1) is 0 Å². The molecule has 1 unspecified atom stereocenters. The Morgan fingerprint density at radius 1 is 1.33 bits per heavy atom. The number of carboxylic acids is 1. The van der Waals surface area contributed by atoms with Crippen molar-refractivity contribution in [3.63, 3.8) is 0 Å². The summed E-state index contributed by atoms with van der Waals surface area (Å²) >= 11 is 1.67. The summed E-state index contributed by atoms with van der Waals surface area (Å²) in [7, 11) is -3.09. The number of nitrogens with zero attached hydrogens (tertiary/aromatic N) is 1. The maximum Gasteiger partial charge on any atom is 0.307 e. The van der Waals surface area contributed by atoms with Crippen LogP contribution in [0.5, 0.6) is 0 Å². The molecule has 1 atom stereocenters. The Bertz CT molecular complexity index is 598. The third-order valence-corrected chi connectivity index (χ3v) is 6.14. The van der Waals surface area contributed by atoms with Crippen LogP contribution in [-0.2, 0) is 27.6 Å². The molecule has 1 N–H and O–H groups in total. The molecule has 7 heteroatoms. The van der Waals surface area contributed by atoms with Gasteiger partial charge in [-0.25, -0.2) is 8.42 Å². The maximum atomic E-state index is 11.8. The zero-order valence-corrected chi connectivity index (χ0v) is 13.5. The molecule has 0 saturated carbocycles. The summed E-state index contributed by atoms with van der Waals surface area (Å²) in [5.74, 6) is 0.687. The lowest BCUT2D eigenvalue weighted by molar-refractivity contribution is -0.136. The van der Waals surface area contributed by atoms with Crippen molar-refractivity contribution >= 4 is 27.6 Å². The Morgan fingerprint density at radius 2 is 1.95 bits per heavy atom. The first-order chi connectivity index (χ1) is 9.86. The zero-order chi connectivity index (χ0) is 15.5. The topological polar surface area (TPSA) is 74.7 Å². The van der Waals surface area contributed by atoms with E-state index in [9.17, 15) is 13.2 Å². The molecule has 5 nitrogen and oxygen atoms in total. The van der Waals surface area contributed by atoms with Gasteiger partial charge in [-0.15, -0.1) is 0 Å². The van der Waals surface area contributed by atoms with E-state index in [4.69, 9.17) is 5.11 Å². The first-order valence-corrected chi connectivity index (χ1v) is 9.77. The average Bonchev–Trinajstić information content (AvgIpc) is 2.40. The van der Waals surface area contributed by atoms with E-state index in [1.54, 1.807) is 23.9 Å². The predicted octanol–water partition coefficient (Wildman–Crippen LogP) is 1.23. The standard InChI is InChI=1S/C14H19NO4S2/c1-21(18,19)13-10-20-7-6-15(13)9-12-4-2-11(3-5-12)8-14(16)17/h2-5,13H,6-10H2,1H3,(H,16,17). The van der Waals surface area contributed by atoms with Crippen LogP contribution < -0.4 is 0 Å². The van der Waals surface area contributed by atoms with Crippen molar-refractivity contribution in [3.05, 3.63) is 35.4 Å². The predicted molar refractivity (Wildman–Crippen MR) is 84.1 cm³/mol. The van der Waals surface area contributed by atoms with E-state index in [0.29, 0.717) is 12.3 Å². The molecule has 0 spiro atoms. The number of carbonyl (C=O) groups is 1. The average molecular weight is 329 g/mol. The second-order valence-electron chi connectivity index (χ2n) is 5.22. The second-order valence-corrected chi connectivity index (χ2v) is 8.57. The first-order valence-electron chi connectivity index (χ1n) is 6.66. The minimum absolute atomic E-state index is 0.00655. The molecule has 1 aromatic rings. The maximum absolute atomic E-state index is 11.8. The molecule has 1 fully saturated rings.